The fourth-order valence-electron chi connectivity index (χ4n) is 2.61. The summed E-state index contributed by atoms with van der Waals surface area (Å²) in [6.45, 7) is 5.42. The summed E-state index contributed by atoms with van der Waals surface area (Å²) in [5, 5.41) is 30.3. The monoisotopic (exact) mass is 435 g/mol. The average Bonchev–Trinajstić information content (AvgIpc) is 2.74. The van der Waals surface area contributed by atoms with Gasteiger partial charge in [-0.05, 0) is 18.6 Å². The Bertz CT molecular complexity index is 826. The minimum Gasteiger partial charge on any atom is -0.507 e. The molecule has 0 aromatic heterocycles. The zero-order chi connectivity index (χ0) is 22.8. The van der Waals surface area contributed by atoms with Gasteiger partial charge in [0.2, 0.25) is 5.91 Å². The number of amides is 2. The molecule has 1 aliphatic heterocycles. The lowest BCUT2D eigenvalue weighted by Crippen LogP contribution is -2.49. The van der Waals surface area contributed by atoms with Crippen LogP contribution in [0, 0.1) is 5.92 Å². The summed E-state index contributed by atoms with van der Waals surface area (Å²) in [5.41, 5.74) is -0.0365. The molecule has 0 radical (unpaired) electrons. The highest BCUT2D eigenvalue weighted by molar-refractivity contribution is 5.97. The molecule has 0 spiro atoms. The van der Waals surface area contributed by atoms with Crippen LogP contribution in [0.4, 0.5) is 0 Å². The van der Waals surface area contributed by atoms with E-state index in [0.29, 0.717) is 18.9 Å². The second kappa shape index (κ2) is 11.6. The van der Waals surface area contributed by atoms with Crippen LogP contribution in [-0.4, -0.2) is 72.8 Å². The number of aliphatic carboxylic acids is 1. The molecule has 0 aliphatic carbocycles. The Morgan fingerprint density at radius 2 is 2.06 bits per heavy atom. The van der Waals surface area contributed by atoms with E-state index in [-0.39, 0.29) is 17.9 Å². The standard InChI is InChI=1S/C20H29N5O6/c1-12(2)17(27)25-15(19(29)30)11-24-18(28)14-5-4-13(10-16(14)26)31-9-8-23-20-21-6-3-7-22-20/h4-5,10,12,15,26H,3,6-9,11H2,1-2H3,(H,24,28)(H,25,27)(H,29,30)(H2,21,22,23)/t15-/m0/s1. The molecule has 31 heavy (non-hydrogen) atoms. The van der Waals surface area contributed by atoms with Gasteiger partial charge in [0, 0.05) is 31.6 Å². The molecule has 6 N–H and O–H groups in total. The van der Waals surface area contributed by atoms with Crippen molar-refractivity contribution < 1.29 is 29.3 Å². The molecule has 1 heterocycles. The Kier molecular flexibility index (Phi) is 8.92. The van der Waals surface area contributed by atoms with Crippen LogP contribution in [-0.2, 0) is 9.59 Å². The van der Waals surface area contributed by atoms with Crippen LogP contribution >= 0.6 is 0 Å². The Labute approximate surface area is 180 Å². The largest absolute Gasteiger partial charge is 0.507 e. The van der Waals surface area contributed by atoms with Crippen LogP contribution in [0.15, 0.2) is 23.2 Å². The van der Waals surface area contributed by atoms with Gasteiger partial charge in [0.15, 0.2) is 5.96 Å². The van der Waals surface area contributed by atoms with Gasteiger partial charge in [0.1, 0.15) is 24.1 Å². The molecular weight excluding hydrogens is 406 g/mol. The first-order valence-electron chi connectivity index (χ1n) is 10.1. The molecule has 0 bridgehead atoms. The third-order valence-corrected chi connectivity index (χ3v) is 4.38. The maximum absolute atomic E-state index is 12.3. The Hall–Kier alpha value is -3.50. The zero-order valence-corrected chi connectivity index (χ0v) is 17.6. The van der Waals surface area contributed by atoms with Gasteiger partial charge in [0.05, 0.1) is 12.1 Å². The van der Waals surface area contributed by atoms with E-state index >= 15 is 0 Å². The second-order valence-corrected chi connectivity index (χ2v) is 7.23. The van der Waals surface area contributed by atoms with E-state index in [4.69, 9.17) is 4.74 Å². The number of nitrogens with zero attached hydrogens (tertiary/aromatic N) is 1. The number of rotatable bonds is 10. The fourth-order valence-corrected chi connectivity index (χ4v) is 2.61. The number of hydrogen-bond donors (Lipinski definition) is 6. The van der Waals surface area contributed by atoms with Crippen molar-refractivity contribution in [2.75, 3.05) is 32.8 Å². The maximum atomic E-state index is 12.3. The van der Waals surface area contributed by atoms with Crippen molar-refractivity contribution >= 4 is 23.7 Å². The van der Waals surface area contributed by atoms with Crippen LogP contribution in [0.3, 0.4) is 0 Å². The number of phenols is 1. The molecule has 2 rings (SSSR count). The first-order chi connectivity index (χ1) is 14.8. The lowest BCUT2D eigenvalue weighted by molar-refractivity contribution is -0.142. The number of aromatic hydroxyl groups is 1. The minimum absolute atomic E-state index is 0.0365. The summed E-state index contributed by atoms with van der Waals surface area (Å²) in [6.07, 6.45) is 1.00. The molecule has 11 heteroatoms. The molecule has 170 valence electrons. The third kappa shape index (κ3) is 7.68. The van der Waals surface area contributed by atoms with Crippen molar-refractivity contribution in [2.24, 2.45) is 10.9 Å². The average molecular weight is 435 g/mol. The summed E-state index contributed by atoms with van der Waals surface area (Å²) >= 11 is 0. The normalized spacial score (nSPS) is 14.1. The van der Waals surface area contributed by atoms with Crippen molar-refractivity contribution in [1.29, 1.82) is 0 Å². The van der Waals surface area contributed by atoms with E-state index in [2.05, 4.69) is 26.3 Å². The number of carbonyl (C=O) groups excluding carboxylic acids is 2. The lowest BCUT2D eigenvalue weighted by Gasteiger charge is -2.17. The molecule has 1 aromatic carbocycles. The van der Waals surface area contributed by atoms with Crippen molar-refractivity contribution in [3.05, 3.63) is 23.8 Å². The predicted octanol–water partition coefficient (Wildman–Crippen LogP) is -0.335. The smallest absolute Gasteiger partial charge is 0.328 e. The number of nitrogens with one attached hydrogen (secondary N) is 4. The van der Waals surface area contributed by atoms with Gasteiger partial charge in [-0.25, -0.2) is 4.79 Å². The molecule has 0 saturated carbocycles. The third-order valence-electron chi connectivity index (χ3n) is 4.38. The molecule has 2 amide bonds. The molecule has 0 fully saturated rings. The van der Waals surface area contributed by atoms with Gasteiger partial charge in [0.25, 0.3) is 5.91 Å². The molecule has 0 unspecified atom stereocenters. The van der Waals surface area contributed by atoms with Gasteiger partial charge < -0.3 is 36.2 Å². The first-order valence-corrected chi connectivity index (χ1v) is 10.1. The number of benzene rings is 1. The van der Waals surface area contributed by atoms with E-state index in [1.807, 2.05) is 0 Å². The summed E-state index contributed by atoms with van der Waals surface area (Å²) in [5.74, 6) is -1.97. The number of guanidine groups is 1. The van der Waals surface area contributed by atoms with E-state index in [0.717, 1.165) is 25.5 Å². The van der Waals surface area contributed by atoms with E-state index < -0.39 is 29.7 Å². The topological polar surface area (TPSA) is 161 Å². The number of aliphatic imine (C=N–C) groups is 1. The quantitative estimate of drug-likeness (QED) is 0.272. The van der Waals surface area contributed by atoms with Crippen LogP contribution in [0.2, 0.25) is 0 Å². The van der Waals surface area contributed by atoms with Crippen molar-refractivity contribution in [2.45, 2.75) is 26.3 Å². The number of phenolic OH excluding ortho intramolecular Hbond substituents is 1. The van der Waals surface area contributed by atoms with Crippen molar-refractivity contribution in [1.82, 2.24) is 21.3 Å². The van der Waals surface area contributed by atoms with E-state index in [1.54, 1.807) is 13.8 Å². The zero-order valence-electron chi connectivity index (χ0n) is 17.6. The van der Waals surface area contributed by atoms with Gasteiger partial charge in [-0.3, -0.25) is 14.6 Å². The van der Waals surface area contributed by atoms with E-state index in [9.17, 15) is 24.6 Å². The molecular formula is C20H29N5O6. The Morgan fingerprint density at radius 1 is 1.29 bits per heavy atom. The molecule has 11 nitrogen and oxygen atoms in total. The summed E-state index contributed by atoms with van der Waals surface area (Å²) < 4.78 is 5.55. The van der Waals surface area contributed by atoms with Crippen molar-refractivity contribution in [3.8, 4) is 11.5 Å². The van der Waals surface area contributed by atoms with Crippen LogP contribution < -0.4 is 26.0 Å². The van der Waals surface area contributed by atoms with Gasteiger partial charge in [-0.1, -0.05) is 13.8 Å². The number of carbonyl (C=O) groups is 3. The number of carboxylic acid groups (broad SMARTS) is 1. The highest BCUT2D eigenvalue weighted by Gasteiger charge is 2.23. The van der Waals surface area contributed by atoms with Crippen LogP contribution in [0.1, 0.15) is 30.6 Å². The number of carboxylic acids is 1. The fraction of sp³-hybridized carbons (Fsp3) is 0.500. The van der Waals surface area contributed by atoms with Gasteiger partial charge >= 0.3 is 5.97 Å². The molecule has 1 atom stereocenters. The minimum atomic E-state index is -1.28. The van der Waals surface area contributed by atoms with E-state index in [1.165, 1.54) is 18.2 Å². The van der Waals surface area contributed by atoms with Crippen LogP contribution in [0.5, 0.6) is 11.5 Å². The highest BCUT2D eigenvalue weighted by atomic mass is 16.5. The summed E-state index contributed by atoms with van der Waals surface area (Å²) in [7, 11) is 0. The number of hydrogen-bond acceptors (Lipinski definition) is 8. The number of ether oxygens (including phenoxy) is 1. The SMILES string of the molecule is CC(C)C(=O)N[C@@H](CNC(=O)c1ccc(OCCNC2=NCCCN2)cc1O)C(=O)O. The van der Waals surface area contributed by atoms with Gasteiger partial charge in [-0.2, -0.15) is 0 Å². The molecule has 1 aliphatic rings. The predicted molar refractivity (Wildman–Crippen MR) is 113 cm³/mol. The Morgan fingerprint density at radius 3 is 2.68 bits per heavy atom. The highest BCUT2D eigenvalue weighted by Crippen LogP contribution is 2.23. The molecule has 1 aromatic rings. The molecule has 0 saturated heterocycles. The van der Waals surface area contributed by atoms with Crippen LogP contribution in [0.25, 0.3) is 0 Å². The second-order valence-electron chi connectivity index (χ2n) is 7.23. The van der Waals surface area contributed by atoms with Crippen molar-refractivity contribution in [3.63, 3.8) is 0 Å². The summed E-state index contributed by atoms with van der Waals surface area (Å²) in [6, 6.07) is 2.93. The first kappa shape index (κ1) is 23.8. The lowest BCUT2D eigenvalue weighted by atomic mass is 10.1. The maximum Gasteiger partial charge on any atom is 0.328 e. The summed E-state index contributed by atoms with van der Waals surface area (Å²) in [4.78, 5) is 39.6. The van der Waals surface area contributed by atoms with Gasteiger partial charge in [-0.15, -0.1) is 0 Å². The Balaban J connectivity index is 1.83.